The van der Waals surface area contributed by atoms with E-state index in [2.05, 4.69) is 15.2 Å². The van der Waals surface area contributed by atoms with Crippen LogP contribution in [0.4, 0.5) is 5.69 Å². The molecular weight excluding hydrogens is 262 g/mol. The quantitative estimate of drug-likeness (QED) is 0.582. The second-order valence-corrected chi connectivity index (χ2v) is 5.15. The number of anilines is 1. The van der Waals surface area contributed by atoms with Crippen LogP contribution in [0.3, 0.4) is 0 Å². The van der Waals surface area contributed by atoms with Gasteiger partial charge in [-0.1, -0.05) is 11.8 Å². The molecule has 3 aromatic rings. The van der Waals surface area contributed by atoms with Crippen LogP contribution < -0.4 is 5.73 Å². The molecule has 98 valence electrons. The van der Waals surface area contributed by atoms with Gasteiger partial charge in [-0.2, -0.15) is 0 Å². The molecule has 0 aliphatic rings. The zero-order valence-corrected chi connectivity index (χ0v) is 11.4. The second kappa shape index (κ2) is 4.58. The van der Waals surface area contributed by atoms with Crippen LogP contribution in [0.5, 0.6) is 0 Å². The third kappa shape index (κ3) is 2.28. The molecule has 0 unspecified atom stereocenters. The average molecular weight is 275 g/mol. The minimum absolute atomic E-state index is 0.612. The first-order valence-electron chi connectivity index (χ1n) is 5.77. The van der Waals surface area contributed by atoms with Gasteiger partial charge in [0.25, 0.3) is 0 Å². The maximum absolute atomic E-state index is 5.71. The lowest BCUT2D eigenvalue weighted by atomic mass is 10.3. The Kier molecular flexibility index (Phi) is 2.90. The van der Waals surface area contributed by atoms with Crippen molar-refractivity contribution in [3.63, 3.8) is 0 Å². The fourth-order valence-corrected chi connectivity index (χ4v) is 2.49. The van der Waals surface area contributed by atoms with Crippen LogP contribution in [0.15, 0.2) is 27.8 Å². The van der Waals surface area contributed by atoms with E-state index in [0.29, 0.717) is 22.9 Å². The monoisotopic (exact) mass is 275 g/mol. The Balaban J connectivity index is 1.80. The highest BCUT2D eigenvalue weighted by molar-refractivity contribution is 7.98. The van der Waals surface area contributed by atoms with E-state index in [1.165, 1.54) is 0 Å². The van der Waals surface area contributed by atoms with Crippen LogP contribution in [-0.2, 0) is 12.8 Å². The van der Waals surface area contributed by atoms with Gasteiger partial charge in [0.1, 0.15) is 11.3 Å². The average Bonchev–Trinajstić information content (AvgIpc) is 2.92. The molecule has 0 aliphatic heterocycles. The summed E-state index contributed by atoms with van der Waals surface area (Å²) in [4.78, 5) is 4.40. The number of rotatable bonds is 3. The van der Waals surface area contributed by atoms with Crippen LogP contribution in [0.25, 0.3) is 11.1 Å². The molecule has 0 fully saturated rings. The first kappa shape index (κ1) is 12.0. The van der Waals surface area contributed by atoms with Crippen LogP contribution in [0.2, 0.25) is 0 Å². The van der Waals surface area contributed by atoms with Gasteiger partial charge in [-0.25, -0.2) is 4.98 Å². The maximum atomic E-state index is 5.71. The van der Waals surface area contributed by atoms with Gasteiger partial charge in [0.05, 0.1) is 5.75 Å². The van der Waals surface area contributed by atoms with Crippen LogP contribution in [-0.4, -0.2) is 19.7 Å². The summed E-state index contributed by atoms with van der Waals surface area (Å²) in [6.07, 6.45) is 0. The fraction of sp³-hybridized carbons (Fsp3) is 0.250. The predicted molar refractivity (Wildman–Crippen MR) is 73.7 cm³/mol. The topological polar surface area (TPSA) is 82.8 Å². The van der Waals surface area contributed by atoms with Crippen molar-refractivity contribution < 1.29 is 4.42 Å². The minimum atomic E-state index is 0.612. The van der Waals surface area contributed by atoms with E-state index in [1.54, 1.807) is 17.8 Å². The lowest BCUT2D eigenvalue weighted by Gasteiger charge is -1.98. The number of benzene rings is 1. The van der Waals surface area contributed by atoms with Crippen molar-refractivity contribution in [1.82, 2.24) is 19.7 Å². The summed E-state index contributed by atoms with van der Waals surface area (Å²) < 4.78 is 7.58. The smallest absolute Gasteiger partial charge is 0.205 e. The second-order valence-electron chi connectivity index (χ2n) is 4.21. The summed E-state index contributed by atoms with van der Waals surface area (Å²) in [5.41, 5.74) is 7.91. The number of hydrogen-bond acceptors (Lipinski definition) is 6. The highest BCUT2D eigenvalue weighted by atomic mass is 32.2. The number of thioether (sulfide) groups is 1. The number of fused-ring (bicyclic) bond motifs is 1. The molecule has 0 aliphatic carbocycles. The van der Waals surface area contributed by atoms with Gasteiger partial charge in [0.2, 0.25) is 5.89 Å². The normalized spacial score (nSPS) is 11.3. The molecule has 0 amide bonds. The Morgan fingerprint density at radius 3 is 2.95 bits per heavy atom. The van der Waals surface area contributed by atoms with E-state index in [9.17, 15) is 0 Å². The highest BCUT2D eigenvalue weighted by Gasteiger charge is 2.10. The zero-order valence-electron chi connectivity index (χ0n) is 10.6. The first-order chi connectivity index (χ1) is 9.13. The molecule has 0 saturated carbocycles. The summed E-state index contributed by atoms with van der Waals surface area (Å²) in [5.74, 6) is 2.15. The van der Waals surface area contributed by atoms with Gasteiger partial charge < -0.3 is 14.7 Å². The summed E-state index contributed by atoms with van der Waals surface area (Å²) in [6, 6.07) is 5.45. The third-order valence-corrected chi connectivity index (χ3v) is 3.84. The molecule has 2 heterocycles. The van der Waals surface area contributed by atoms with Gasteiger partial charge >= 0.3 is 0 Å². The van der Waals surface area contributed by atoms with Crippen LogP contribution in [0.1, 0.15) is 11.7 Å². The number of nitrogens with zero attached hydrogens (tertiary/aromatic N) is 4. The molecule has 0 bridgehead atoms. The molecule has 0 spiro atoms. The van der Waals surface area contributed by atoms with Crippen molar-refractivity contribution in [2.75, 3.05) is 5.73 Å². The number of nitrogen functional groups attached to an aromatic ring is 1. The third-order valence-electron chi connectivity index (χ3n) is 2.83. The van der Waals surface area contributed by atoms with Crippen molar-refractivity contribution in [2.24, 2.45) is 7.05 Å². The molecule has 6 nitrogen and oxygen atoms in total. The van der Waals surface area contributed by atoms with Gasteiger partial charge in [-0.3, -0.25) is 0 Å². The Hall–Kier alpha value is -2.02. The van der Waals surface area contributed by atoms with Gasteiger partial charge in [-0.15, -0.1) is 10.2 Å². The summed E-state index contributed by atoms with van der Waals surface area (Å²) in [6.45, 7) is 1.92. The van der Waals surface area contributed by atoms with Crippen LogP contribution in [0, 0.1) is 6.92 Å². The van der Waals surface area contributed by atoms with Crippen molar-refractivity contribution in [1.29, 1.82) is 0 Å². The number of nitrogens with two attached hydrogens (primary N) is 1. The molecule has 0 saturated heterocycles. The van der Waals surface area contributed by atoms with Gasteiger partial charge in [-0.05, 0) is 19.1 Å². The maximum Gasteiger partial charge on any atom is 0.205 e. The largest absolute Gasteiger partial charge is 0.440 e. The molecule has 3 rings (SSSR count). The highest BCUT2D eigenvalue weighted by Crippen LogP contribution is 2.24. The van der Waals surface area contributed by atoms with Crippen molar-refractivity contribution >= 4 is 28.5 Å². The van der Waals surface area contributed by atoms with E-state index >= 15 is 0 Å². The number of aryl methyl sites for hydroxylation is 1. The summed E-state index contributed by atoms with van der Waals surface area (Å²) in [5, 5.41) is 8.94. The number of oxazole rings is 1. The molecule has 7 heteroatoms. The van der Waals surface area contributed by atoms with E-state index < -0.39 is 0 Å². The van der Waals surface area contributed by atoms with E-state index in [0.717, 1.165) is 16.5 Å². The van der Waals surface area contributed by atoms with E-state index in [1.807, 2.05) is 30.7 Å². The molecule has 0 atom stereocenters. The van der Waals surface area contributed by atoms with E-state index in [4.69, 9.17) is 10.2 Å². The molecule has 2 aromatic heterocycles. The molecule has 2 N–H and O–H groups in total. The standard InChI is InChI=1S/C12H13N5OS/c1-7-15-16-12(17(7)2)19-6-11-14-9-4-3-8(13)5-10(9)18-11/h3-5H,6,13H2,1-2H3. The molecule has 1 aromatic carbocycles. The molecular formula is C12H13N5OS. The lowest BCUT2D eigenvalue weighted by molar-refractivity contribution is 0.556. The molecule has 19 heavy (non-hydrogen) atoms. The fourth-order valence-electron chi connectivity index (χ4n) is 1.69. The predicted octanol–water partition coefficient (Wildman–Crippen LogP) is 2.14. The minimum Gasteiger partial charge on any atom is -0.440 e. The number of aromatic nitrogens is 4. The lowest BCUT2D eigenvalue weighted by Crippen LogP contribution is -1.93. The van der Waals surface area contributed by atoms with Gasteiger partial charge in [0.15, 0.2) is 10.7 Å². The Labute approximate surface area is 114 Å². The summed E-state index contributed by atoms with van der Waals surface area (Å²) in [7, 11) is 1.93. The molecule has 0 radical (unpaired) electrons. The number of hydrogen-bond donors (Lipinski definition) is 1. The van der Waals surface area contributed by atoms with E-state index in [-0.39, 0.29) is 0 Å². The first-order valence-corrected chi connectivity index (χ1v) is 6.76. The zero-order chi connectivity index (χ0) is 13.4. The van der Waals surface area contributed by atoms with Gasteiger partial charge in [0, 0.05) is 18.8 Å². The Morgan fingerprint density at radius 2 is 2.21 bits per heavy atom. The SMILES string of the molecule is Cc1nnc(SCc2nc3ccc(N)cc3o2)n1C. The van der Waals surface area contributed by atoms with Crippen molar-refractivity contribution in [2.45, 2.75) is 17.8 Å². The summed E-state index contributed by atoms with van der Waals surface area (Å²) >= 11 is 1.54. The van der Waals surface area contributed by atoms with Crippen molar-refractivity contribution in [3.8, 4) is 0 Å². The Bertz CT molecular complexity index is 733. The van der Waals surface area contributed by atoms with Crippen molar-refractivity contribution in [3.05, 3.63) is 29.9 Å². The van der Waals surface area contributed by atoms with Crippen LogP contribution >= 0.6 is 11.8 Å². The Morgan fingerprint density at radius 1 is 1.37 bits per heavy atom.